The molecule has 2 aromatic rings. The maximum atomic E-state index is 10.3. The fourth-order valence-corrected chi connectivity index (χ4v) is 2.27. The maximum Gasteiger partial charge on any atom is 0.124 e. The summed E-state index contributed by atoms with van der Waals surface area (Å²) in [5.74, 6) is 0. The standard InChI is InChI=1S/C12H10OS/c13-7-6-10-8-12(14-9-10)11-4-2-1-3-5-11/h1-5,7-9H,6H2. The van der Waals surface area contributed by atoms with E-state index in [0.717, 1.165) is 11.8 Å². The van der Waals surface area contributed by atoms with Gasteiger partial charge >= 0.3 is 0 Å². The SMILES string of the molecule is O=CCc1csc(-c2ccccc2)c1. The van der Waals surface area contributed by atoms with Crippen LogP contribution in [0.25, 0.3) is 10.4 Å². The molecule has 0 saturated heterocycles. The van der Waals surface area contributed by atoms with Crippen molar-refractivity contribution in [3.05, 3.63) is 47.3 Å². The first-order valence-corrected chi connectivity index (χ1v) is 5.34. The third-order valence-corrected chi connectivity index (χ3v) is 3.06. The fourth-order valence-electron chi connectivity index (χ4n) is 1.33. The Morgan fingerprint density at radius 3 is 2.71 bits per heavy atom. The highest BCUT2D eigenvalue weighted by molar-refractivity contribution is 7.13. The Balaban J connectivity index is 2.29. The van der Waals surface area contributed by atoms with Crippen LogP contribution in [-0.2, 0) is 11.2 Å². The Hall–Kier alpha value is -1.41. The number of hydrogen-bond donors (Lipinski definition) is 0. The van der Waals surface area contributed by atoms with Crippen LogP contribution in [0.4, 0.5) is 0 Å². The molecule has 14 heavy (non-hydrogen) atoms. The minimum absolute atomic E-state index is 0.517. The molecule has 1 aromatic carbocycles. The number of thiophene rings is 1. The van der Waals surface area contributed by atoms with Crippen LogP contribution in [0.15, 0.2) is 41.8 Å². The van der Waals surface area contributed by atoms with E-state index >= 15 is 0 Å². The summed E-state index contributed by atoms with van der Waals surface area (Å²) in [5.41, 5.74) is 2.32. The zero-order valence-corrected chi connectivity index (χ0v) is 8.46. The molecular formula is C12H10OS. The van der Waals surface area contributed by atoms with E-state index in [9.17, 15) is 4.79 Å². The van der Waals surface area contributed by atoms with Crippen LogP contribution < -0.4 is 0 Å². The summed E-state index contributed by atoms with van der Waals surface area (Å²) in [4.78, 5) is 11.5. The highest BCUT2D eigenvalue weighted by atomic mass is 32.1. The molecule has 1 heterocycles. The lowest BCUT2D eigenvalue weighted by atomic mass is 10.1. The molecule has 0 bridgehead atoms. The van der Waals surface area contributed by atoms with Crippen molar-refractivity contribution < 1.29 is 4.79 Å². The third-order valence-electron chi connectivity index (χ3n) is 2.03. The van der Waals surface area contributed by atoms with Crippen molar-refractivity contribution in [1.29, 1.82) is 0 Å². The summed E-state index contributed by atoms with van der Waals surface area (Å²) in [6, 6.07) is 12.3. The average Bonchev–Trinajstić information content (AvgIpc) is 2.68. The van der Waals surface area contributed by atoms with Gasteiger partial charge in [-0.15, -0.1) is 11.3 Å². The summed E-state index contributed by atoms with van der Waals surface area (Å²) in [6.07, 6.45) is 1.46. The van der Waals surface area contributed by atoms with Crippen LogP contribution in [0.3, 0.4) is 0 Å². The van der Waals surface area contributed by atoms with E-state index in [1.165, 1.54) is 10.4 Å². The minimum atomic E-state index is 0.517. The monoisotopic (exact) mass is 202 g/mol. The molecule has 0 unspecified atom stereocenters. The van der Waals surface area contributed by atoms with Gasteiger partial charge in [0.05, 0.1) is 0 Å². The van der Waals surface area contributed by atoms with Crippen LogP contribution in [0.1, 0.15) is 5.56 Å². The van der Waals surface area contributed by atoms with Gasteiger partial charge in [0.2, 0.25) is 0 Å². The molecule has 1 nitrogen and oxygen atoms in total. The van der Waals surface area contributed by atoms with Gasteiger partial charge in [0.25, 0.3) is 0 Å². The molecule has 70 valence electrons. The molecule has 0 fully saturated rings. The Bertz CT molecular complexity index is 417. The summed E-state index contributed by atoms with van der Waals surface area (Å²) in [7, 11) is 0. The molecule has 2 rings (SSSR count). The van der Waals surface area contributed by atoms with Gasteiger partial charge < -0.3 is 4.79 Å². The average molecular weight is 202 g/mol. The molecule has 0 spiro atoms. The Labute approximate surface area is 87.0 Å². The van der Waals surface area contributed by atoms with Crippen molar-refractivity contribution in [3.63, 3.8) is 0 Å². The van der Waals surface area contributed by atoms with E-state index < -0.39 is 0 Å². The molecular weight excluding hydrogens is 192 g/mol. The number of rotatable bonds is 3. The van der Waals surface area contributed by atoms with Gasteiger partial charge in [-0.3, -0.25) is 0 Å². The topological polar surface area (TPSA) is 17.1 Å². The second kappa shape index (κ2) is 4.20. The van der Waals surface area contributed by atoms with Crippen LogP contribution in [-0.4, -0.2) is 6.29 Å². The lowest BCUT2D eigenvalue weighted by Gasteiger charge is -1.94. The Morgan fingerprint density at radius 1 is 1.21 bits per heavy atom. The van der Waals surface area contributed by atoms with E-state index in [4.69, 9.17) is 0 Å². The van der Waals surface area contributed by atoms with Gasteiger partial charge in [-0.2, -0.15) is 0 Å². The summed E-state index contributed by atoms with van der Waals surface area (Å²) < 4.78 is 0. The molecule has 0 aliphatic rings. The fraction of sp³-hybridized carbons (Fsp3) is 0.0833. The van der Waals surface area contributed by atoms with Crippen molar-refractivity contribution >= 4 is 17.6 Å². The molecule has 2 heteroatoms. The van der Waals surface area contributed by atoms with E-state index in [1.807, 2.05) is 23.6 Å². The quantitative estimate of drug-likeness (QED) is 0.699. The molecule has 0 amide bonds. The van der Waals surface area contributed by atoms with Gasteiger partial charge in [0, 0.05) is 11.3 Å². The van der Waals surface area contributed by atoms with Gasteiger partial charge in [-0.25, -0.2) is 0 Å². The Morgan fingerprint density at radius 2 is 2.00 bits per heavy atom. The van der Waals surface area contributed by atoms with Gasteiger partial charge in [0.1, 0.15) is 6.29 Å². The molecule has 0 aliphatic heterocycles. The number of carbonyl (C=O) groups excluding carboxylic acids is 1. The van der Waals surface area contributed by atoms with Crippen LogP contribution in [0.2, 0.25) is 0 Å². The van der Waals surface area contributed by atoms with E-state index in [0.29, 0.717) is 6.42 Å². The van der Waals surface area contributed by atoms with Crippen molar-refractivity contribution in [2.75, 3.05) is 0 Å². The normalized spacial score (nSPS) is 10.0. The first kappa shape index (κ1) is 9.16. The number of carbonyl (C=O) groups is 1. The molecule has 0 saturated carbocycles. The molecule has 0 atom stereocenters. The van der Waals surface area contributed by atoms with Crippen LogP contribution in [0, 0.1) is 0 Å². The number of aldehydes is 1. The Kier molecular flexibility index (Phi) is 2.75. The first-order valence-electron chi connectivity index (χ1n) is 4.46. The molecule has 0 N–H and O–H groups in total. The maximum absolute atomic E-state index is 10.3. The van der Waals surface area contributed by atoms with Crippen molar-refractivity contribution in [3.8, 4) is 10.4 Å². The third kappa shape index (κ3) is 1.91. The number of hydrogen-bond acceptors (Lipinski definition) is 2. The van der Waals surface area contributed by atoms with Gasteiger partial charge in [-0.1, -0.05) is 30.3 Å². The number of benzene rings is 1. The van der Waals surface area contributed by atoms with Gasteiger partial charge in [0.15, 0.2) is 0 Å². The molecule has 1 aromatic heterocycles. The second-order valence-corrected chi connectivity index (χ2v) is 3.97. The van der Waals surface area contributed by atoms with Crippen LogP contribution in [0.5, 0.6) is 0 Å². The lowest BCUT2D eigenvalue weighted by Crippen LogP contribution is -1.79. The zero-order valence-electron chi connectivity index (χ0n) is 7.64. The predicted molar refractivity (Wildman–Crippen MR) is 59.5 cm³/mol. The van der Waals surface area contributed by atoms with Crippen LogP contribution >= 0.6 is 11.3 Å². The van der Waals surface area contributed by atoms with E-state index in [-0.39, 0.29) is 0 Å². The molecule has 0 aliphatic carbocycles. The highest BCUT2D eigenvalue weighted by Gasteiger charge is 2.00. The summed E-state index contributed by atoms with van der Waals surface area (Å²) in [6.45, 7) is 0. The zero-order chi connectivity index (χ0) is 9.80. The van der Waals surface area contributed by atoms with Crippen molar-refractivity contribution in [1.82, 2.24) is 0 Å². The van der Waals surface area contributed by atoms with E-state index in [2.05, 4.69) is 18.2 Å². The predicted octanol–water partition coefficient (Wildman–Crippen LogP) is 3.16. The van der Waals surface area contributed by atoms with Crippen molar-refractivity contribution in [2.45, 2.75) is 6.42 Å². The first-order chi connectivity index (χ1) is 6.90. The smallest absolute Gasteiger partial charge is 0.124 e. The van der Waals surface area contributed by atoms with E-state index in [1.54, 1.807) is 11.3 Å². The second-order valence-electron chi connectivity index (χ2n) is 3.06. The molecule has 0 radical (unpaired) electrons. The van der Waals surface area contributed by atoms with Gasteiger partial charge in [-0.05, 0) is 22.6 Å². The summed E-state index contributed by atoms with van der Waals surface area (Å²) >= 11 is 1.68. The minimum Gasteiger partial charge on any atom is -0.303 e. The highest BCUT2D eigenvalue weighted by Crippen LogP contribution is 2.26. The lowest BCUT2D eigenvalue weighted by molar-refractivity contribution is -0.107. The van der Waals surface area contributed by atoms with Crippen molar-refractivity contribution in [2.24, 2.45) is 0 Å². The summed E-state index contributed by atoms with van der Waals surface area (Å²) in [5, 5.41) is 2.04. The largest absolute Gasteiger partial charge is 0.303 e.